The van der Waals surface area contributed by atoms with Gasteiger partial charge in [-0.2, -0.15) is 13.2 Å². The predicted molar refractivity (Wildman–Crippen MR) is 88.2 cm³/mol. The summed E-state index contributed by atoms with van der Waals surface area (Å²) in [5, 5.41) is 14.9. The summed E-state index contributed by atoms with van der Waals surface area (Å²) in [6, 6.07) is 5.03. The molecule has 25 heavy (non-hydrogen) atoms. The first-order chi connectivity index (χ1) is 11.8. The highest BCUT2D eigenvalue weighted by Crippen LogP contribution is 2.36. The first-order valence-electron chi connectivity index (χ1n) is 8.64. The maximum absolute atomic E-state index is 12.9. The van der Waals surface area contributed by atoms with Gasteiger partial charge in [-0.3, -0.25) is 4.90 Å². The number of benzene rings is 1. The van der Waals surface area contributed by atoms with Gasteiger partial charge in [-0.05, 0) is 37.0 Å². The van der Waals surface area contributed by atoms with Crippen LogP contribution in [0.3, 0.4) is 0 Å². The SMILES string of the molecule is CCC1=NO[C@@H](CN2CCC(O)(c3cccc(C(F)(F)F)c3)CC2)C1. The van der Waals surface area contributed by atoms with Crippen molar-refractivity contribution in [3.05, 3.63) is 35.4 Å². The number of rotatable bonds is 4. The number of piperidine rings is 1. The van der Waals surface area contributed by atoms with Gasteiger partial charge in [0, 0.05) is 26.1 Å². The minimum absolute atomic E-state index is 0.0368. The summed E-state index contributed by atoms with van der Waals surface area (Å²) in [6.07, 6.45) is -1.85. The highest BCUT2D eigenvalue weighted by molar-refractivity contribution is 5.85. The topological polar surface area (TPSA) is 45.1 Å². The van der Waals surface area contributed by atoms with Crippen molar-refractivity contribution in [2.24, 2.45) is 5.16 Å². The Hall–Kier alpha value is -1.60. The van der Waals surface area contributed by atoms with Gasteiger partial charge in [0.25, 0.3) is 0 Å². The molecule has 1 N–H and O–H groups in total. The molecule has 1 aromatic rings. The first kappa shape index (κ1) is 18.2. The molecule has 1 fully saturated rings. The lowest BCUT2D eigenvalue weighted by molar-refractivity contribution is -0.137. The molecule has 1 atom stereocenters. The van der Waals surface area contributed by atoms with E-state index >= 15 is 0 Å². The highest BCUT2D eigenvalue weighted by Gasteiger charge is 2.37. The van der Waals surface area contributed by atoms with Crippen LogP contribution in [0.4, 0.5) is 13.2 Å². The molecule has 1 saturated heterocycles. The van der Waals surface area contributed by atoms with Crippen molar-refractivity contribution in [2.45, 2.75) is 50.5 Å². The van der Waals surface area contributed by atoms with E-state index in [4.69, 9.17) is 4.84 Å². The van der Waals surface area contributed by atoms with E-state index in [2.05, 4.69) is 10.1 Å². The molecule has 0 amide bonds. The van der Waals surface area contributed by atoms with Crippen LogP contribution < -0.4 is 0 Å². The van der Waals surface area contributed by atoms with Crippen molar-refractivity contribution in [2.75, 3.05) is 19.6 Å². The monoisotopic (exact) mass is 356 g/mol. The van der Waals surface area contributed by atoms with E-state index in [1.54, 1.807) is 6.07 Å². The van der Waals surface area contributed by atoms with Gasteiger partial charge in [0.15, 0.2) is 0 Å². The van der Waals surface area contributed by atoms with Gasteiger partial charge in [-0.1, -0.05) is 24.2 Å². The lowest BCUT2D eigenvalue weighted by Crippen LogP contribution is -2.45. The predicted octanol–water partition coefficient (Wildman–Crippen LogP) is 3.54. The zero-order valence-corrected chi connectivity index (χ0v) is 14.2. The Labute approximate surface area is 145 Å². The molecule has 138 valence electrons. The maximum atomic E-state index is 12.9. The van der Waals surface area contributed by atoms with E-state index in [0.29, 0.717) is 31.5 Å². The average Bonchev–Trinajstić information content (AvgIpc) is 3.04. The Morgan fingerprint density at radius 2 is 2.04 bits per heavy atom. The Balaban J connectivity index is 1.59. The summed E-state index contributed by atoms with van der Waals surface area (Å²) in [5.74, 6) is 0. The van der Waals surface area contributed by atoms with Gasteiger partial charge in [0.2, 0.25) is 0 Å². The molecule has 7 heteroatoms. The van der Waals surface area contributed by atoms with Gasteiger partial charge in [0.05, 0.1) is 16.9 Å². The second-order valence-corrected chi connectivity index (χ2v) is 6.85. The van der Waals surface area contributed by atoms with Gasteiger partial charge in [0.1, 0.15) is 6.10 Å². The van der Waals surface area contributed by atoms with Gasteiger partial charge >= 0.3 is 6.18 Å². The summed E-state index contributed by atoms with van der Waals surface area (Å²) < 4.78 is 38.7. The Kier molecular flexibility index (Phi) is 5.06. The molecule has 0 bridgehead atoms. The number of hydrogen-bond acceptors (Lipinski definition) is 4. The quantitative estimate of drug-likeness (QED) is 0.897. The number of halogens is 3. The molecule has 0 unspecified atom stereocenters. The van der Waals surface area contributed by atoms with Crippen LogP contribution in [0.25, 0.3) is 0 Å². The molecule has 2 heterocycles. The van der Waals surface area contributed by atoms with Crippen LogP contribution in [0.1, 0.15) is 43.7 Å². The standard InChI is InChI=1S/C18H23F3N2O2/c1-2-15-11-16(25-22-15)12-23-8-6-17(24,7-9-23)13-4-3-5-14(10-13)18(19,20)21/h3-5,10,16,24H,2,6-9,11-12H2,1H3/t16-/m1/s1. The average molecular weight is 356 g/mol. The van der Waals surface area contributed by atoms with Crippen molar-refractivity contribution in [3.8, 4) is 0 Å². The van der Waals surface area contributed by atoms with Crippen molar-refractivity contribution in [1.29, 1.82) is 0 Å². The van der Waals surface area contributed by atoms with Crippen LogP contribution in [0.5, 0.6) is 0 Å². The second-order valence-electron chi connectivity index (χ2n) is 6.85. The summed E-state index contributed by atoms with van der Waals surface area (Å²) in [4.78, 5) is 7.59. The number of aliphatic hydroxyl groups is 1. The Morgan fingerprint density at radius 3 is 2.64 bits per heavy atom. The lowest BCUT2D eigenvalue weighted by Gasteiger charge is -2.39. The fourth-order valence-electron chi connectivity index (χ4n) is 3.46. The lowest BCUT2D eigenvalue weighted by atomic mass is 9.83. The molecule has 0 saturated carbocycles. The van der Waals surface area contributed by atoms with E-state index in [1.807, 2.05) is 6.92 Å². The van der Waals surface area contributed by atoms with Crippen LogP contribution in [0, 0.1) is 0 Å². The van der Waals surface area contributed by atoms with Crippen molar-refractivity contribution < 1.29 is 23.1 Å². The van der Waals surface area contributed by atoms with Crippen LogP contribution in [0.2, 0.25) is 0 Å². The number of alkyl halides is 3. The minimum Gasteiger partial charge on any atom is -0.391 e. The number of hydrogen-bond donors (Lipinski definition) is 1. The molecule has 3 rings (SSSR count). The number of likely N-dealkylation sites (tertiary alicyclic amines) is 1. The minimum atomic E-state index is -4.40. The molecular weight excluding hydrogens is 333 g/mol. The largest absolute Gasteiger partial charge is 0.416 e. The van der Waals surface area contributed by atoms with E-state index in [1.165, 1.54) is 6.07 Å². The van der Waals surface area contributed by atoms with Crippen LogP contribution >= 0.6 is 0 Å². The van der Waals surface area contributed by atoms with Crippen molar-refractivity contribution in [3.63, 3.8) is 0 Å². The molecule has 0 radical (unpaired) electrons. The second kappa shape index (κ2) is 6.96. The summed E-state index contributed by atoms with van der Waals surface area (Å²) >= 11 is 0. The molecule has 4 nitrogen and oxygen atoms in total. The first-order valence-corrected chi connectivity index (χ1v) is 8.64. The Bertz CT molecular complexity index is 637. The molecule has 2 aliphatic rings. The normalized spacial score (nSPS) is 24.0. The summed E-state index contributed by atoms with van der Waals surface area (Å²) in [5.41, 5.74) is -0.526. The summed E-state index contributed by atoms with van der Waals surface area (Å²) in [6.45, 7) is 4.01. The molecule has 0 spiro atoms. The molecule has 0 aromatic heterocycles. The molecule has 1 aromatic carbocycles. The molecular formula is C18H23F3N2O2. The molecule has 2 aliphatic heterocycles. The van der Waals surface area contributed by atoms with Crippen LogP contribution in [0.15, 0.2) is 29.4 Å². The Morgan fingerprint density at radius 1 is 1.32 bits per heavy atom. The maximum Gasteiger partial charge on any atom is 0.416 e. The number of nitrogens with zero attached hydrogens (tertiary/aromatic N) is 2. The van der Waals surface area contributed by atoms with E-state index in [9.17, 15) is 18.3 Å². The zero-order valence-electron chi connectivity index (χ0n) is 14.2. The molecule has 0 aliphatic carbocycles. The fraction of sp³-hybridized carbons (Fsp3) is 0.611. The van der Waals surface area contributed by atoms with Crippen LogP contribution in [-0.2, 0) is 16.6 Å². The smallest absolute Gasteiger partial charge is 0.391 e. The van der Waals surface area contributed by atoms with Crippen molar-refractivity contribution in [1.82, 2.24) is 4.90 Å². The summed E-state index contributed by atoms with van der Waals surface area (Å²) in [7, 11) is 0. The van der Waals surface area contributed by atoms with E-state index < -0.39 is 17.3 Å². The van der Waals surface area contributed by atoms with E-state index in [0.717, 1.165) is 37.2 Å². The van der Waals surface area contributed by atoms with E-state index in [-0.39, 0.29) is 6.10 Å². The highest BCUT2D eigenvalue weighted by atomic mass is 19.4. The third-order valence-corrected chi connectivity index (χ3v) is 5.07. The zero-order chi connectivity index (χ0) is 18.1. The van der Waals surface area contributed by atoms with Gasteiger partial charge in [-0.15, -0.1) is 0 Å². The van der Waals surface area contributed by atoms with Crippen molar-refractivity contribution >= 4 is 5.71 Å². The third-order valence-electron chi connectivity index (χ3n) is 5.07. The van der Waals surface area contributed by atoms with Gasteiger partial charge in [-0.25, -0.2) is 0 Å². The van der Waals surface area contributed by atoms with Crippen LogP contribution in [-0.4, -0.2) is 41.5 Å². The fourth-order valence-corrected chi connectivity index (χ4v) is 3.46. The third kappa shape index (κ3) is 4.15. The van der Waals surface area contributed by atoms with Gasteiger partial charge < -0.3 is 9.94 Å². The number of oxime groups is 1.